The Kier molecular flexibility index (Phi) is 3.98. The minimum absolute atomic E-state index is 0.121. The van der Waals surface area contributed by atoms with Gasteiger partial charge in [0.05, 0.1) is 11.2 Å². The van der Waals surface area contributed by atoms with Crippen molar-refractivity contribution in [3.8, 4) is 11.4 Å². The number of nitrogens with two attached hydrogens (primary N) is 1. The summed E-state index contributed by atoms with van der Waals surface area (Å²) in [5.41, 5.74) is 7.05. The number of anilines is 1. The van der Waals surface area contributed by atoms with Crippen LogP contribution in [-0.4, -0.2) is 21.4 Å². The Bertz CT molecular complexity index is 620. The highest BCUT2D eigenvalue weighted by Gasteiger charge is 2.35. The molecule has 1 aliphatic carbocycles. The van der Waals surface area contributed by atoms with Gasteiger partial charge in [-0.2, -0.15) is 0 Å². The lowest BCUT2D eigenvalue weighted by Crippen LogP contribution is -2.52. The number of pyridine rings is 1. The highest BCUT2D eigenvalue weighted by atomic mass is 32.1. The van der Waals surface area contributed by atoms with Gasteiger partial charge in [-0.1, -0.05) is 25.3 Å². The van der Waals surface area contributed by atoms with Crippen LogP contribution < -0.4 is 11.1 Å². The first-order valence-electron chi connectivity index (χ1n) is 7.15. The van der Waals surface area contributed by atoms with E-state index < -0.39 is 5.54 Å². The van der Waals surface area contributed by atoms with E-state index >= 15 is 0 Å². The molecule has 2 aromatic rings. The Balaban J connectivity index is 1.71. The number of amides is 1. The molecule has 21 heavy (non-hydrogen) atoms. The third-order valence-electron chi connectivity index (χ3n) is 3.85. The lowest BCUT2D eigenvalue weighted by Gasteiger charge is -2.31. The highest BCUT2D eigenvalue weighted by Crippen LogP contribution is 2.29. The normalized spacial score (nSPS) is 17.4. The van der Waals surface area contributed by atoms with Crippen molar-refractivity contribution in [3.63, 3.8) is 0 Å². The molecule has 1 amide bonds. The molecule has 0 bridgehead atoms. The molecule has 1 fully saturated rings. The number of hydrogen-bond acceptors (Lipinski definition) is 5. The number of nitrogens with one attached hydrogen (secondary N) is 1. The van der Waals surface area contributed by atoms with Gasteiger partial charge in [-0.05, 0) is 25.0 Å². The highest BCUT2D eigenvalue weighted by molar-refractivity contribution is 7.14. The first-order chi connectivity index (χ1) is 10.2. The fourth-order valence-corrected chi connectivity index (χ4v) is 3.29. The Morgan fingerprint density at radius 1 is 1.24 bits per heavy atom. The Morgan fingerprint density at radius 3 is 2.76 bits per heavy atom. The second-order valence-corrected chi connectivity index (χ2v) is 6.28. The van der Waals surface area contributed by atoms with Crippen LogP contribution in [0.2, 0.25) is 0 Å². The van der Waals surface area contributed by atoms with E-state index in [2.05, 4.69) is 15.3 Å². The van der Waals surface area contributed by atoms with Crippen molar-refractivity contribution < 1.29 is 4.79 Å². The quantitative estimate of drug-likeness (QED) is 0.913. The maximum atomic E-state index is 12.3. The number of hydrogen-bond donors (Lipinski definition) is 2. The molecule has 0 radical (unpaired) electrons. The van der Waals surface area contributed by atoms with Gasteiger partial charge in [0.25, 0.3) is 0 Å². The summed E-state index contributed by atoms with van der Waals surface area (Å²) in [6, 6.07) is 5.67. The molecule has 0 aliphatic heterocycles. The second kappa shape index (κ2) is 5.91. The van der Waals surface area contributed by atoms with E-state index in [1.165, 1.54) is 11.3 Å². The van der Waals surface area contributed by atoms with Crippen LogP contribution in [0.5, 0.6) is 0 Å². The molecule has 0 saturated heterocycles. The van der Waals surface area contributed by atoms with Crippen molar-refractivity contribution in [2.75, 3.05) is 5.32 Å². The van der Waals surface area contributed by atoms with Crippen molar-refractivity contribution in [1.82, 2.24) is 9.97 Å². The van der Waals surface area contributed by atoms with Gasteiger partial charge in [0.2, 0.25) is 5.91 Å². The van der Waals surface area contributed by atoms with Crippen LogP contribution in [0.3, 0.4) is 0 Å². The summed E-state index contributed by atoms with van der Waals surface area (Å²) in [5.74, 6) is -0.121. The molecule has 3 N–H and O–H groups in total. The molecule has 0 aromatic carbocycles. The van der Waals surface area contributed by atoms with E-state index in [9.17, 15) is 4.79 Å². The summed E-state index contributed by atoms with van der Waals surface area (Å²) in [5, 5.41) is 5.33. The molecule has 5 nitrogen and oxygen atoms in total. The number of carbonyl (C=O) groups is 1. The molecular formula is C15H18N4OS. The Morgan fingerprint density at radius 2 is 2.05 bits per heavy atom. The van der Waals surface area contributed by atoms with Crippen molar-refractivity contribution in [2.45, 2.75) is 37.6 Å². The lowest BCUT2D eigenvalue weighted by molar-refractivity contribution is -0.122. The molecule has 1 aliphatic rings. The van der Waals surface area contributed by atoms with Gasteiger partial charge in [-0.3, -0.25) is 9.78 Å². The van der Waals surface area contributed by atoms with E-state index in [0.717, 1.165) is 43.5 Å². The van der Waals surface area contributed by atoms with Gasteiger partial charge < -0.3 is 11.1 Å². The number of thiazole rings is 1. The summed E-state index contributed by atoms with van der Waals surface area (Å²) in [4.78, 5) is 21.0. The third kappa shape index (κ3) is 3.11. The fourth-order valence-electron chi connectivity index (χ4n) is 2.59. The molecule has 0 atom stereocenters. The van der Waals surface area contributed by atoms with Gasteiger partial charge >= 0.3 is 0 Å². The summed E-state index contributed by atoms with van der Waals surface area (Å²) < 4.78 is 0. The van der Waals surface area contributed by atoms with Crippen LogP contribution >= 0.6 is 11.3 Å². The average Bonchev–Trinajstić information content (AvgIpc) is 2.97. The zero-order chi connectivity index (χ0) is 14.7. The SMILES string of the molecule is NC1(C(=O)Nc2nc(-c3ccccn3)cs2)CCCCC1. The maximum absolute atomic E-state index is 12.3. The molecule has 0 unspecified atom stereocenters. The maximum Gasteiger partial charge on any atom is 0.246 e. The third-order valence-corrected chi connectivity index (χ3v) is 4.61. The molecular weight excluding hydrogens is 284 g/mol. The van der Waals surface area contributed by atoms with Gasteiger partial charge in [0.15, 0.2) is 5.13 Å². The van der Waals surface area contributed by atoms with E-state index in [1.807, 2.05) is 23.6 Å². The molecule has 3 rings (SSSR count). The Hall–Kier alpha value is -1.79. The van der Waals surface area contributed by atoms with Crippen LogP contribution in [-0.2, 0) is 4.79 Å². The standard InChI is InChI=1S/C15H18N4OS/c16-15(7-3-1-4-8-15)13(20)19-14-18-12(10-21-14)11-6-2-5-9-17-11/h2,5-6,9-10H,1,3-4,7-8,16H2,(H,18,19,20). The summed E-state index contributed by atoms with van der Waals surface area (Å²) >= 11 is 1.40. The number of aromatic nitrogens is 2. The molecule has 110 valence electrons. The molecule has 1 saturated carbocycles. The lowest BCUT2D eigenvalue weighted by atomic mass is 9.82. The average molecular weight is 302 g/mol. The zero-order valence-electron chi connectivity index (χ0n) is 11.7. The monoisotopic (exact) mass is 302 g/mol. The van der Waals surface area contributed by atoms with E-state index in [-0.39, 0.29) is 5.91 Å². The van der Waals surface area contributed by atoms with Crippen LogP contribution in [0.4, 0.5) is 5.13 Å². The minimum atomic E-state index is -0.741. The van der Waals surface area contributed by atoms with Gasteiger partial charge in [0, 0.05) is 11.6 Å². The number of carbonyl (C=O) groups excluding carboxylic acids is 1. The summed E-state index contributed by atoms with van der Waals surface area (Å²) in [7, 11) is 0. The van der Waals surface area contributed by atoms with Crippen LogP contribution in [0.15, 0.2) is 29.8 Å². The van der Waals surface area contributed by atoms with Crippen LogP contribution in [0.25, 0.3) is 11.4 Å². The van der Waals surface area contributed by atoms with E-state index in [0.29, 0.717) is 5.13 Å². The molecule has 2 heterocycles. The first-order valence-corrected chi connectivity index (χ1v) is 8.03. The molecule has 0 spiro atoms. The van der Waals surface area contributed by atoms with Crippen LogP contribution in [0.1, 0.15) is 32.1 Å². The van der Waals surface area contributed by atoms with E-state index in [1.54, 1.807) is 6.20 Å². The van der Waals surface area contributed by atoms with E-state index in [4.69, 9.17) is 5.73 Å². The smallest absolute Gasteiger partial charge is 0.246 e. The van der Waals surface area contributed by atoms with Gasteiger partial charge in [-0.25, -0.2) is 4.98 Å². The summed E-state index contributed by atoms with van der Waals surface area (Å²) in [6.07, 6.45) is 6.41. The predicted octanol–water partition coefficient (Wildman–Crippen LogP) is 2.81. The second-order valence-electron chi connectivity index (χ2n) is 5.42. The molecule has 2 aromatic heterocycles. The predicted molar refractivity (Wildman–Crippen MR) is 84.0 cm³/mol. The van der Waals surface area contributed by atoms with Crippen molar-refractivity contribution in [1.29, 1.82) is 0 Å². The first kappa shape index (κ1) is 14.2. The van der Waals surface area contributed by atoms with Crippen LogP contribution in [0, 0.1) is 0 Å². The number of nitrogens with zero attached hydrogens (tertiary/aromatic N) is 2. The molecule has 6 heteroatoms. The van der Waals surface area contributed by atoms with Gasteiger partial charge in [-0.15, -0.1) is 11.3 Å². The number of rotatable bonds is 3. The van der Waals surface area contributed by atoms with Crippen molar-refractivity contribution in [3.05, 3.63) is 29.8 Å². The fraction of sp³-hybridized carbons (Fsp3) is 0.400. The zero-order valence-corrected chi connectivity index (χ0v) is 12.5. The Labute approximate surface area is 127 Å². The van der Waals surface area contributed by atoms with Crippen molar-refractivity contribution in [2.24, 2.45) is 5.73 Å². The van der Waals surface area contributed by atoms with Crippen molar-refractivity contribution >= 4 is 22.4 Å². The topological polar surface area (TPSA) is 80.9 Å². The largest absolute Gasteiger partial charge is 0.317 e. The minimum Gasteiger partial charge on any atom is -0.317 e. The van der Waals surface area contributed by atoms with Gasteiger partial charge in [0.1, 0.15) is 5.69 Å². The summed E-state index contributed by atoms with van der Waals surface area (Å²) in [6.45, 7) is 0.